The van der Waals surface area contributed by atoms with Crippen molar-refractivity contribution in [3.8, 4) is 0 Å². The number of esters is 1. The zero-order valence-corrected chi connectivity index (χ0v) is 23.5. The van der Waals surface area contributed by atoms with E-state index in [1.54, 1.807) is 24.3 Å². The molecule has 2 unspecified atom stereocenters. The Morgan fingerprint density at radius 2 is 1.87 bits per heavy atom. The maximum Gasteiger partial charge on any atom is 0.306 e. The summed E-state index contributed by atoms with van der Waals surface area (Å²) in [6.07, 6.45) is 1.38. The van der Waals surface area contributed by atoms with Crippen molar-refractivity contribution in [3.05, 3.63) is 53.6 Å². The number of carbonyl (C=O) groups is 3. The molecule has 0 saturated heterocycles. The van der Waals surface area contributed by atoms with E-state index in [-0.39, 0.29) is 46.4 Å². The van der Waals surface area contributed by atoms with Gasteiger partial charge in [-0.3, -0.25) is 19.1 Å². The van der Waals surface area contributed by atoms with Crippen LogP contribution in [-0.4, -0.2) is 53.6 Å². The highest BCUT2D eigenvalue weighted by Crippen LogP contribution is 2.45. The molecule has 0 saturated carbocycles. The third kappa shape index (κ3) is 5.46. The molecule has 2 atom stereocenters. The van der Waals surface area contributed by atoms with Gasteiger partial charge in [0.25, 0.3) is 10.0 Å². The van der Waals surface area contributed by atoms with Crippen LogP contribution in [-0.2, 0) is 39.8 Å². The summed E-state index contributed by atoms with van der Waals surface area (Å²) in [5.74, 6) is -3.75. The van der Waals surface area contributed by atoms with E-state index in [9.17, 15) is 31.2 Å². The number of benzene rings is 2. The van der Waals surface area contributed by atoms with Crippen molar-refractivity contribution in [1.29, 1.82) is 0 Å². The highest BCUT2D eigenvalue weighted by molar-refractivity contribution is 7.92. The first-order valence-electron chi connectivity index (χ1n) is 12.2. The van der Waals surface area contributed by atoms with E-state index in [0.717, 1.165) is 12.3 Å². The van der Waals surface area contributed by atoms with E-state index in [4.69, 9.17) is 4.74 Å². The molecular formula is C26H29N3O8S2. The van der Waals surface area contributed by atoms with Crippen LogP contribution in [0.15, 0.2) is 51.8 Å². The molecule has 1 heterocycles. The van der Waals surface area contributed by atoms with Gasteiger partial charge in [-0.25, -0.2) is 8.42 Å². The maximum atomic E-state index is 14.3. The number of ether oxygens (including phenoxy) is 1. The molecule has 208 valence electrons. The van der Waals surface area contributed by atoms with Crippen molar-refractivity contribution in [2.75, 3.05) is 23.4 Å². The van der Waals surface area contributed by atoms with Crippen LogP contribution >= 0.6 is 0 Å². The average molecular weight is 576 g/mol. The molecule has 2 aromatic carbocycles. The van der Waals surface area contributed by atoms with Crippen LogP contribution in [0.5, 0.6) is 0 Å². The van der Waals surface area contributed by atoms with Crippen LogP contribution in [0.1, 0.15) is 49.0 Å². The zero-order valence-electron chi connectivity index (χ0n) is 21.8. The SMILES string of the molecule is COC(=O)CC1(CCC(C)C)C(=O)C(C2=NS(=O)(=O)c3cc(NS(C)(=O)=O)ccc3N2)C(=O)c2ccccc21. The summed E-state index contributed by atoms with van der Waals surface area (Å²) in [7, 11) is -6.90. The summed E-state index contributed by atoms with van der Waals surface area (Å²) >= 11 is 0. The molecule has 4 rings (SSSR count). The molecule has 2 aliphatic rings. The summed E-state index contributed by atoms with van der Waals surface area (Å²) < 4.78 is 60.5. The largest absolute Gasteiger partial charge is 0.469 e. The van der Waals surface area contributed by atoms with E-state index >= 15 is 0 Å². The van der Waals surface area contributed by atoms with Gasteiger partial charge in [-0.1, -0.05) is 38.1 Å². The molecule has 0 radical (unpaired) electrons. The van der Waals surface area contributed by atoms with Crippen molar-refractivity contribution in [2.45, 2.75) is 43.4 Å². The smallest absolute Gasteiger partial charge is 0.306 e. The number of anilines is 2. The third-order valence-corrected chi connectivity index (χ3v) is 8.78. The first-order valence-corrected chi connectivity index (χ1v) is 15.5. The van der Waals surface area contributed by atoms with Crippen LogP contribution in [0.25, 0.3) is 0 Å². The lowest BCUT2D eigenvalue weighted by Gasteiger charge is -2.40. The number of ketones is 2. The zero-order chi connectivity index (χ0) is 28.8. The molecule has 0 bridgehead atoms. The van der Waals surface area contributed by atoms with E-state index in [2.05, 4.69) is 14.4 Å². The van der Waals surface area contributed by atoms with E-state index in [1.807, 2.05) is 13.8 Å². The number of Topliss-reactive ketones (excluding diaryl/α,β-unsaturated/α-hetero) is 2. The fraction of sp³-hybridized carbons (Fsp3) is 0.385. The second-order valence-corrected chi connectivity index (χ2v) is 13.5. The van der Waals surface area contributed by atoms with Crippen LogP contribution in [0.4, 0.5) is 11.4 Å². The van der Waals surface area contributed by atoms with Gasteiger partial charge in [0.05, 0.1) is 30.9 Å². The lowest BCUT2D eigenvalue weighted by molar-refractivity contribution is -0.145. The van der Waals surface area contributed by atoms with Crippen LogP contribution in [0, 0.1) is 11.8 Å². The summed E-state index contributed by atoms with van der Waals surface area (Å²) in [4.78, 5) is 40.3. The fourth-order valence-corrected chi connectivity index (χ4v) is 6.75. The Labute approximate surface area is 227 Å². The monoisotopic (exact) mass is 575 g/mol. The lowest BCUT2D eigenvalue weighted by Crippen LogP contribution is -2.53. The highest BCUT2D eigenvalue weighted by Gasteiger charge is 2.55. The number of nitrogens with zero attached hydrogens (tertiary/aromatic N) is 1. The normalized spacial score (nSPS) is 21.9. The summed E-state index contributed by atoms with van der Waals surface area (Å²) in [6.45, 7) is 3.94. The molecule has 0 spiro atoms. The number of carbonyl (C=O) groups excluding carboxylic acids is 3. The Morgan fingerprint density at radius 3 is 2.51 bits per heavy atom. The molecule has 13 heteroatoms. The minimum atomic E-state index is -4.44. The fourth-order valence-electron chi connectivity index (χ4n) is 5.01. The molecule has 1 aliphatic heterocycles. The van der Waals surface area contributed by atoms with Gasteiger partial charge in [0.15, 0.2) is 11.6 Å². The van der Waals surface area contributed by atoms with Gasteiger partial charge in [0.2, 0.25) is 10.0 Å². The van der Waals surface area contributed by atoms with Gasteiger partial charge >= 0.3 is 5.97 Å². The maximum absolute atomic E-state index is 14.3. The summed E-state index contributed by atoms with van der Waals surface area (Å²) in [6, 6.07) is 10.3. The number of hydrogen-bond acceptors (Lipinski definition) is 9. The molecule has 2 N–H and O–H groups in total. The Hall–Kier alpha value is -3.58. The number of amidine groups is 1. The number of nitrogens with one attached hydrogen (secondary N) is 2. The number of fused-ring (bicyclic) bond motifs is 2. The molecule has 0 amide bonds. The number of hydrogen-bond donors (Lipinski definition) is 2. The molecule has 1 aliphatic carbocycles. The van der Waals surface area contributed by atoms with Gasteiger partial charge in [0.1, 0.15) is 16.6 Å². The quantitative estimate of drug-likeness (QED) is 0.356. The van der Waals surface area contributed by atoms with E-state index in [0.29, 0.717) is 12.0 Å². The summed E-state index contributed by atoms with van der Waals surface area (Å²) in [5, 5.41) is 2.81. The third-order valence-electron chi connectivity index (χ3n) is 6.84. The molecule has 0 aromatic heterocycles. The van der Waals surface area contributed by atoms with Crippen molar-refractivity contribution < 1.29 is 36.0 Å². The van der Waals surface area contributed by atoms with Crippen molar-refractivity contribution in [1.82, 2.24) is 0 Å². The number of rotatable bonds is 8. The average Bonchev–Trinajstić information content (AvgIpc) is 2.85. The van der Waals surface area contributed by atoms with Crippen LogP contribution < -0.4 is 10.0 Å². The standard InChI is InChI=1S/C26H29N3O8S2/c1-15(2)11-12-26(14-21(30)37-3)18-8-6-5-7-17(18)23(31)22(24(26)32)25-27-19-10-9-16(28-38(4,33)34)13-20(19)39(35,36)29-25/h5-10,13,15,22,28H,11-12,14H2,1-4H3,(H,27,29). The van der Waals surface area contributed by atoms with Crippen LogP contribution in [0.2, 0.25) is 0 Å². The predicted molar refractivity (Wildman–Crippen MR) is 145 cm³/mol. The molecule has 2 aromatic rings. The predicted octanol–water partition coefficient (Wildman–Crippen LogP) is 2.89. The van der Waals surface area contributed by atoms with E-state index < -0.39 is 48.9 Å². The second-order valence-electron chi connectivity index (χ2n) is 10.1. The number of sulfonamides is 2. The topological polar surface area (TPSA) is 165 Å². The van der Waals surface area contributed by atoms with Gasteiger partial charge in [-0.15, -0.1) is 4.40 Å². The highest BCUT2D eigenvalue weighted by atomic mass is 32.2. The lowest BCUT2D eigenvalue weighted by atomic mass is 9.60. The Morgan fingerprint density at radius 1 is 1.18 bits per heavy atom. The number of methoxy groups -OCH3 is 1. The molecular weight excluding hydrogens is 546 g/mol. The van der Waals surface area contributed by atoms with Gasteiger partial charge in [-0.05, 0) is 42.5 Å². The van der Waals surface area contributed by atoms with Crippen molar-refractivity contribution in [2.24, 2.45) is 16.2 Å². The first-order chi connectivity index (χ1) is 18.2. The van der Waals surface area contributed by atoms with Gasteiger partial charge < -0.3 is 10.1 Å². The Bertz CT molecular complexity index is 1610. The molecule has 11 nitrogen and oxygen atoms in total. The van der Waals surface area contributed by atoms with Crippen molar-refractivity contribution in [3.63, 3.8) is 0 Å². The minimum Gasteiger partial charge on any atom is -0.469 e. The molecule has 0 fully saturated rings. The second kappa shape index (κ2) is 10.2. The molecule has 39 heavy (non-hydrogen) atoms. The van der Waals surface area contributed by atoms with Gasteiger partial charge in [-0.2, -0.15) is 8.42 Å². The Balaban J connectivity index is 1.86. The first kappa shape index (κ1) is 28.4. The minimum absolute atomic E-state index is 0.00445. The van der Waals surface area contributed by atoms with Crippen LogP contribution in [0.3, 0.4) is 0 Å². The summed E-state index contributed by atoms with van der Waals surface area (Å²) in [5.41, 5.74) is -0.804. The Kier molecular flexibility index (Phi) is 7.43. The van der Waals surface area contributed by atoms with E-state index in [1.165, 1.54) is 19.2 Å². The van der Waals surface area contributed by atoms with Gasteiger partial charge in [0, 0.05) is 11.3 Å². The van der Waals surface area contributed by atoms with Crippen molar-refractivity contribution >= 4 is 54.8 Å².